The van der Waals surface area contributed by atoms with E-state index in [-0.39, 0.29) is 0 Å². The van der Waals surface area contributed by atoms with Crippen LogP contribution in [0.3, 0.4) is 0 Å². The van der Waals surface area contributed by atoms with E-state index in [1.807, 2.05) is 43.1 Å². The van der Waals surface area contributed by atoms with Gasteiger partial charge in [0.1, 0.15) is 5.75 Å². The standard InChI is InChI=1S/C16H25N3OS/c1-5-11-21-12-10-18-16(17-2)19(3)13-14-8-6-7-9-15(14)20-4/h5-9H,1,10-13H2,2-4H3,(H,17,18). The number of aliphatic imine (C=N–C) groups is 1. The van der Waals surface area contributed by atoms with Crippen LogP contribution in [0.2, 0.25) is 0 Å². The number of hydrogen-bond acceptors (Lipinski definition) is 3. The van der Waals surface area contributed by atoms with Gasteiger partial charge in [0.2, 0.25) is 0 Å². The van der Waals surface area contributed by atoms with E-state index < -0.39 is 0 Å². The molecule has 21 heavy (non-hydrogen) atoms. The minimum Gasteiger partial charge on any atom is -0.496 e. The smallest absolute Gasteiger partial charge is 0.193 e. The van der Waals surface area contributed by atoms with Gasteiger partial charge in [0.15, 0.2) is 5.96 Å². The fraction of sp³-hybridized carbons (Fsp3) is 0.438. The van der Waals surface area contributed by atoms with Crippen molar-refractivity contribution < 1.29 is 4.74 Å². The minimum absolute atomic E-state index is 0.753. The van der Waals surface area contributed by atoms with Crippen LogP contribution in [0.1, 0.15) is 5.56 Å². The third kappa shape index (κ3) is 6.12. The first-order chi connectivity index (χ1) is 10.2. The molecule has 0 spiro atoms. The molecule has 0 aromatic heterocycles. The van der Waals surface area contributed by atoms with Crippen molar-refractivity contribution in [2.75, 3.05) is 39.3 Å². The molecular weight excluding hydrogens is 282 g/mol. The number of ether oxygens (including phenoxy) is 1. The molecule has 1 rings (SSSR count). The number of methoxy groups -OCH3 is 1. The maximum absolute atomic E-state index is 5.39. The van der Waals surface area contributed by atoms with Crippen molar-refractivity contribution in [1.29, 1.82) is 0 Å². The number of nitrogens with zero attached hydrogens (tertiary/aromatic N) is 2. The molecule has 0 aliphatic rings. The zero-order chi connectivity index (χ0) is 15.5. The lowest BCUT2D eigenvalue weighted by Gasteiger charge is -2.23. The third-order valence-corrected chi connectivity index (χ3v) is 3.90. The lowest BCUT2D eigenvalue weighted by molar-refractivity contribution is 0.396. The Bertz CT molecular complexity index is 463. The van der Waals surface area contributed by atoms with Gasteiger partial charge in [-0.25, -0.2) is 0 Å². The van der Waals surface area contributed by atoms with Gasteiger partial charge in [-0.15, -0.1) is 6.58 Å². The van der Waals surface area contributed by atoms with Crippen LogP contribution >= 0.6 is 11.8 Å². The molecule has 1 N–H and O–H groups in total. The molecule has 0 aliphatic heterocycles. The average Bonchev–Trinajstić information content (AvgIpc) is 2.51. The Hall–Kier alpha value is -1.62. The van der Waals surface area contributed by atoms with E-state index in [9.17, 15) is 0 Å². The zero-order valence-electron chi connectivity index (χ0n) is 13.1. The van der Waals surface area contributed by atoms with Crippen LogP contribution in [0.5, 0.6) is 5.75 Å². The van der Waals surface area contributed by atoms with Crippen molar-refractivity contribution in [3.05, 3.63) is 42.5 Å². The Balaban J connectivity index is 2.51. The van der Waals surface area contributed by atoms with E-state index >= 15 is 0 Å². The van der Waals surface area contributed by atoms with Crippen molar-refractivity contribution in [3.63, 3.8) is 0 Å². The summed E-state index contributed by atoms with van der Waals surface area (Å²) in [7, 11) is 5.53. The highest BCUT2D eigenvalue weighted by molar-refractivity contribution is 7.99. The van der Waals surface area contributed by atoms with Gasteiger partial charge in [-0.2, -0.15) is 11.8 Å². The highest BCUT2D eigenvalue weighted by Gasteiger charge is 2.09. The van der Waals surface area contributed by atoms with Crippen LogP contribution in [0.25, 0.3) is 0 Å². The summed E-state index contributed by atoms with van der Waals surface area (Å²) in [4.78, 5) is 6.41. The summed E-state index contributed by atoms with van der Waals surface area (Å²) >= 11 is 1.85. The Morgan fingerprint density at radius 2 is 2.24 bits per heavy atom. The molecule has 0 atom stereocenters. The first-order valence-corrected chi connectivity index (χ1v) is 8.10. The molecule has 5 heteroatoms. The summed E-state index contributed by atoms with van der Waals surface area (Å²) in [6.45, 7) is 5.36. The number of rotatable bonds is 8. The van der Waals surface area contributed by atoms with Gasteiger partial charge in [-0.1, -0.05) is 24.3 Å². The first-order valence-electron chi connectivity index (χ1n) is 6.95. The van der Waals surface area contributed by atoms with Crippen molar-refractivity contribution in [2.45, 2.75) is 6.54 Å². The number of benzene rings is 1. The maximum atomic E-state index is 5.39. The molecule has 0 aliphatic carbocycles. The molecule has 0 heterocycles. The quantitative estimate of drug-likeness (QED) is 0.347. The lowest BCUT2D eigenvalue weighted by Crippen LogP contribution is -2.39. The van der Waals surface area contributed by atoms with Gasteiger partial charge in [-0.3, -0.25) is 4.99 Å². The Morgan fingerprint density at radius 1 is 1.48 bits per heavy atom. The zero-order valence-corrected chi connectivity index (χ0v) is 13.9. The first kappa shape index (κ1) is 17.4. The predicted molar refractivity (Wildman–Crippen MR) is 93.3 cm³/mol. The van der Waals surface area contributed by atoms with Gasteiger partial charge in [-0.05, 0) is 6.07 Å². The molecule has 1 aromatic carbocycles. The Morgan fingerprint density at radius 3 is 2.90 bits per heavy atom. The molecule has 0 saturated heterocycles. The number of para-hydroxylation sites is 1. The second-order valence-electron chi connectivity index (χ2n) is 4.51. The molecular formula is C16H25N3OS. The molecule has 1 aromatic rings. The molecule has 116 valence electrons. The summed E-state index contributed by atoms with van der Waals surface area (Å²) in [5, 5.41) is 3.37. The second kappa shape index (κ2) is 10.2. The van der Waals surface area contributed by atoms with Gasteiger partial charge in [0.25, 0.3) is 0 Å². The minimum atomic E-state index is 0.753. The van der Waals surface area contributed by atoms with E-state index in [0.717, 1.165) is 41.9 Å². The molecule has 0 amide bonds. The van der Waals surface area contributed by atoms with Gasteiger partial charge in [0.05, 0.1) is 7.11 Å². The fourth-order valence-corrected chi connectivity index (χ4v) is 2.53. The van der Waals surface area contributed by atoms with Crippen LogP contribution in [-0.4, -0.2) is 50.1 Å². The molecule has 0 radical (unpaired) electrons. The second-order valence-corrected chi connectivity index (χ2v) is 5.66. The van der Waals surface area contributed by atoms with E-state index in [1.54, 1.807) is 14.2 Å². The van der Waals surface area contributed by atoms with E-state index in [0.29, 0.717) is 0 Å². The SMILES string of the molecule is C=CCSCCNC(=NC)N(C)Cc1ccccc1OC. The summed E-state index contributed by atoms with van der Waals surface area (Å²) < 4.78 is 5.39. The highest BCUT2D eigenvalue weighted by Crippen LogP contribution is 2.18. The lowest BCUT2D eigenvalue weighted by atomic mass is 10.2. The summed E-state index contributed by atoms with van der Waals surface area (Å²) in [6.07, 6.45) is 1.92. The number of hydrogen-bond donors (Lipinski definition) is 1. The van der Waals surface area contributed by atoms with E-state index in [4.69, 9.17) is 4.74 Å². The van der Waals surface area contributed by atoms with E-state index in [1.165, 1.54) is 0 Å². The van der Waals surface area contributed by atoms with Crippen LogP contribution in [0.15, 0.2) is 41.9 Å². The largest absolute Gasteiger partial charge is 0.496 e. The summed E-state index contributed by atoms with van der Waals surface area (Å²) in [6, 6.07) is 8.05. The normalized spacial score (nSPS) is 11.1. The molecule has 0 saturated carbocycles. The fourth-order valence-electron chi connectivity index (χ4n) is 1.95. The van der Waals surface area contributed by atoms with Gasteiger partial charge < -0.3 is 15.0 Å². The highest BCUT2D eigenvalue weighted by atomic mass is 32.2. The van der Waals surface area contributed by atoms with E-state index in [2.05, 4.69) is 27.9 Å². The number of nitrogens with one attached hydrogen (secondary N) is 1. The van der Waals surface area contributed by atoms with Crippen LogP contribution in [0, 0.1) is 0 Å². The number of guanidine groups is 1. The van der Waals surface area contributed by atoms with Crippen molar-refractivity contribution in [2.24, 2.45) is 4.99 Å². The van der Waals surface area contributed by atoms with Gasteiger partial charge >= 0.3 is 0 Å². The monoisotopic (exact) mass is 307 g/mol. The molecule has 0 bridgehead atoms. The maximum Gasteiger partial charge on any atom is 0.193 e. The molecule has 0 fully saturated rings. The Kier molecular flexibility index (Phi) is 8.43. The number of thioether (sulfide) groups is 1. The topological polar surface area (TPSA) is 36.9 Å². The van der Waals surface area contributed by atoms with Gasteiger partial charge in [0, 0.05) is 44.3 Å². The Labute approximate surface area is 132 Å². The van der Waals surface area contributed by atoms with Crippen LogP contribution < -0.4 is 10.1 Å². The molecule has 0 unspecified atom stereocenters. The summed E-state index contributed by atoms with van der Waals surface area (Å²) in [5.74, 6) is 3.81. The van der Waals surface area contributed by atoms with Crippen molar-refractivity contribution in [3.8, 4) is 5.75 Å². The van der Waals surface area contributed by atoms with Crippen molar-refractivity contribution >= 4 is 17.7 Å². The van der Waals surface area contributed by atoms with Crippen molar-refractivity contribution in [1.82, 2.24) is 10.2 Å². The van der Waals surface area contributed by atoms with Crippen LogP contribution in [-0.2, 0) is 6.54 Å². The average molecular weight is 307 g/mol. The summed E-state index contributed by atoms with van der Waals surface area (Å²) in [5.41, 5.74) is 1.14. The predicted octanol–water partition coefficient (Wildman–Crippen LogP) is 2.62. The third-order valence-electron chi connectivity index (χ3n) is 2.94. The molecule has 4 nitrogen and oxygen atoms in total. The van der Waals surface area contributed by atoms with Crippen LogP contribution in [0.4, 0.5) is 0 Å².